The minimum Gasteiger partial charge on any atom is -0.412 e. The Morgan fingerprint density at radius 2 is 1.56 bits per heavy atom. The molecule has 0 aromatic rings. The molecule has 0 rings (SSSR count). The van der Waals surface area contributed by atoms with Gasteiger partial charge in [0.2, 0.25) is 0 Å². The van der Waals surface area contributed by atoms with Gasteiger partial charge in [-0.25, -0.2) is 0 Å². The fourth-order valence-electron chi connectivity index (χ4n) is 3.13. The molecule has 3 atom stereocenters. The number of halogens is 1. The second-order valence-electron chi connectivity index (χ2n) is 9.75. The molecule has 0 bridgehead atoms. The van der Waals surface area contributed by atoms with Crippen LogP contribution in [-0.2, 0) is 4.43 Å². The standard InChI is InChI=1S/C23H45ClOSi2/c1-12-27(13-2,14-3)16-15-20(5)22(21(6)17-19(4)18-24)25-26(10,11)23(7,8)9/h17,20-22H,12-14,18H2,1-11H3/b19-17-/t20-,21-,22-/m0/s1. The Morgan fingerprint density at radius 1 is 1.07 bits per heavy atom. The maximum absolute atomic E-state index is 6.90. The normalized spacial score (nSPS) is 17.1. The first-order valence-corrected chi connectivity index (χ1v) is 16.8. The first kappa shape index (κ1) is 27.0. The molecule has 0 amide bonds. The van der Waals surface area contributed by atoms with Gasteiger partial charge in [-0.3, -0.25) is 0 Å². The molecule has 0 fully saturated rings. The van der Waals surface area contributed by atoms with Crippen molar-refractivity contribution in [1.82, 2.24) is 0 Å². The zero-order valence-corrected chi connectivity index (χ0v) is 22.7. The van der Waals surface area contributed by atoms with E-state index in [1.54, 1.807) is 0 Å². The Labute approximate surface area is 177 Å². The van der Waals surface area contributed by atoms with Gasteiger partial charge < -0.3 is 4.43 Å². The van der Waals surface area contributed by atoms with E-state index in [1.807, 2.05) is 0 Å². The highest BCUT2D eigenvalue weighted by molar-refractivity contribution is 6.87. The Balaban J connectivity index is 5.86. The third kappa shape index (κ3) is 8.09. The fourth-order valence-corrected chi connectivity index (χ4v) is 7.24. The van der Waals surface area contributed by atoms with Gasteiger partial charge in [-0.1, -0.05) is 60.1 Å². The zero-order valence-electron chi connectivity index (χ0n) is 19.9. The molecule has 27 heavy (non-hydrogen) atoms. The van der Waals surface area contributed by atoms with E-state index in [0.717, 1.165) is 0 Å². The minimum atomic E-state index is -1.87. The molecule has 4 heteroatoms. The largest absolute Gasteiger partial charge is 0.412 e. The van der Waals surface area contributed by atoms with Crippen LogP contribution in [0.3, 0.4) is 0 Å². The summed E-state index contributed by atoms with van der Waals surface area (Å²) >= 11 is 6.04. The van der Waals surface area contributed by atoms with Crippen LogP contribution in [0.25, 0.3) is 0 Å². The second kappa shape index (κ2) is 11.2. The summed E-state index contributed by atoms with van der Waals surface area (Å²) in [5.41, 5.74) is 5.00. The van der Waals surface area contributed by atoms with Crippen molar-refractivity contribution in [3.05, 3.63) is 11.6 Å². The van der Waals surface area contributed by atoms with Gasteiger partial charge in [0.1, 0.15) is 8.07 Å². The van der Waals surface area contributed by atoms with Gasteiger partial charge in [0, 0.05) is 17.7 Å². The summed E-state index contributed by atoms with van der Waals surface area (Å²) in [5.74, 6) is 4.78. The van der Waals surface area contributed by atoms with Crippen LogP contribution < -0.4 is 0 Å². The highest BCUT2D eigenvalue weighted by atomic mass is 35.5. The molecule has 158 valence electrons. The zero-order chi connectivity index (χ0) is 21.5. The van der Waals surface area contributed by atoms with E-state index >= 15 is 0 Å². The molecule has 0 heterocycles. The monoisotopic (exact) mass is 428 g/mol. The molecule has 0 aliphatic rings. The third-order valence-corrected chi connectivity index (χ3v) is 16.2. The SMILES string of the molecule is CC[Si](C#C[C@H](C)[C@H](O[Si](C)(C)C(C)(C)C)[C@@H](C)/C=C(/C)CCl)(CC)CC. The van der Waals surface area contributed by atoms with Crippen molar-refractivity contribution in [1.29, 1.82) is 0 Å². The van der Waals surface area contributed by atoms with E-state index in [1.165, 1.54) is 23.7 Å². The maximum Gasteiger partial charge on any atom is 0.192 e. The van der Waals surface area contributed by atoms with Crippen LogP contribution in [0, 0.1) is 23.3 Å². The highest BCUT2D eigenvalue weighted by Gasteiger charge is 2.41. The minimum absolute atomic E-state index is 0.119. The summed E-state index contributed by atoms with van der Waals surface area (Å²) in [6.45, 7) is 25.2. The molecule has 0 aromatic carbocycles. The molecular weight excluding hydrogens is 384 g/mol. The predicted molar refractivity (Wildman–Crippen MR) is 130 cm³/mol. The Bertz CT molecular complexity index is 525. The molecule has 0 spiro atoms. The number of allylic oxidation sites excluding steroid dienone is 1. The number of alkyl halides is 1. The lowest BCUT2D eigenvalue weighted by Crippen LogP contribution is -2.47. The van der Waals surface area contributed by atoms with Crippen molar-refractivity contribution in [2.45, 2.75) is 105 Å². The number of hydrogen-bond acceptors (Lipinski definition) is 1. The Morgan fingerprint density at radius 3 is 1.93 bits per heavy atom. The van der Waals surface area contributed by atoms with Crippen LogP contribution in [0.15, 0.2) is 11.6 Å². The first-order valence-electron chi connectivity index (χ1n) is 10.7. The van der Waals surface area contributed by atoms with Crippen molar-refractivity contribution >= 4 is 28.0 Å². The number of rotatable bonds is 9. The molecule has 0 aromatic heterocycles. The lowest BCUT2D eigenvalue weighted by atomic mass is 9.93. The molecule has 0 unspecified atom stereocenters. The van der Waals surface area contributed by atoms with E-state index in [4.69, 9.17) is 16.0 Å². The smallest absolute Gasteiger partial charge is 0.192 e. The third-order valence-electron chi connectivity index (χ3n) is 6.60. The first-order chi connectivity index (χ1) is 12.3. The molecule has 0 aliphatic heterocycles. The highest BCUT2D eigenvalue weighted by Crippen LogP contribution is 2.39. The molecule has 0 saturated carbocycles. The van der Waals surface area contributed by atoms with E-state index in [-0.39, 0.29) is 17.1 Å². The van der Waals surface area contributed by atoms with Gasteiger partial charge in [0.25, 0.3) is 0 Å². The Kier molecular flexibility index (Phi) is 11.2. The topological polar surface area (TPSA) is 9.23 Å². The fraction of sp³-hybridized carbons (Fsp3) is 0.826. The molecular formula is C23H45ClOSi2. The van der Waals surface area contributed by atoms with Crippen molar-refractivity contribution < 1.29 is 4.43 Å². The van der Waals surface area contributed by atoms with Crippen LogP contribution in [-0.4, -0.2) is 28.4 Å². The van der Waals surface area contributed by atoms with Crippen molar-refractivity contribution in [2.75, 3.05) is 5.88 Å². The van der Waals surface area contributed by atoms with Crippen LogP contribution in [0.4, 0.5) is 0 Å². The summed E-state index contributed by atoms with van der Waals surface area (Å²) in [7, 11) is -3.31. The van der Waals surface area contributed by atoms with Crippen molar-refractivity contribution in [2.24, 2.45) is 11.8 Å². The van der Waals surface area contributed by atoms with E-state index in [2.05, 4.69) is 92.9 Å². The average molecular weight is 429 g/mol. The molecule has 1 nitrogen and oxygen atoms in total. The lowest BCUT2D eigenvalue weighted by molar-refractivity contribution is 0.115. The van der Waals surface area contributed by atoms with Crippen molar-refractivity contribution in [3.63, 3.8) is 0 Å². The predicted octanol–water partition coefficient (Wildman–Crippen LogP) is 7.89. The van der Waals surface area contributed by atoms with Gasteiger partial charge in [0.15, 0.2) is 8.32 Å². The van der Waals surface area contributed by atoms with Crippen LogP contribution in [0.5, 0.6) is 0 Å². The van der Waals surface area contributed by atoms with Crippen molar-refractivity contribution in [3.8, 4) is 11.5 Å². The summed E-state index contributed by atoms with van der Waals surface area (Å²) in [6.07, 6.45) is 2.40. The van der Waals surface area contributed by atoms with E-state index < -0.39 is 16.4 Å². The molecule has 0 radical (unpaired) electrons. The summed E-state index contributed by atoms with van der Waals surface area (Å²) < 4.78 is 6.90. The maximum atomic E-state index is 6.90. The Hall–Kier alpha value is -0.0162. The summed E-state index contributed by atoms with van der Waals surface area (Å²) in [4.78, 5) is 0. The van der Waals surface area contributed by atoms with Gasteiger partial charge in [-0.15, -0.1) is 23.1 Å². The molecule has 0 N–H and O–H groups in total. The molecule has 0 aliphatic carbocycles. The summed E-state index contributed by atoms with van der Waals surface area (Å²) in [6, 6.07) is 3.73. The van der Waals surface area contributed by atoms with Crippen LogP contribution >= 0.6 is 11.6 Å². The van der Waals surface area contributed by atoms with Gasteiger partial charge >= 0.3 is 0 Å². The average Bonchev–Trinajstić information content (AvgIpc) is 2.59. The second-order valence-corrected chi connectivity index (χ2v) is 19.7. The van der Waals surface area contributed by atoms with E-state index in [9.17, 15) is 0 Å². The quantitative estimate of drug-likeness (QED) is 0.157. The van der Waals surface area contributed by atoms with E-state index in [0.29, 0.717) is 11.8 Å². The number of hydrogen-bond donors (Lipinski definition) is 0. The lowest BCUT2D eigenvalue weighted by Gasteiger charge is -2.41. The van der Waals surface area contributed by atoms with Crippen LogP contribution in [0.1, 0.15) is 62.3 Å². The summed E-state index contributed by atoms with van der Waals surface area (Å²) in [5, 5.41) is 0.193. The molecule has 0 saturated heterocycles. The van der Waals surface area contributed by atoms with Gasteiger partial charge in [0.05, 0.1) is 6.10 Å². The van der Waals surface area contributed by atoms with Crippen LogP contribution in [0.2, 0.25) is 36.3 Å². The van der Waals surface area contributed by atoms with Gasteiger partial charge in [-0.2, -0.15) is 0 Å². The van der Waals surface area contributed by atoms with Gasteiger partial charge in [-0.05, 0) is 50.1 Å².